The third kappa shape index (κ3) is 5.08. The van der Waals surface area contributed by atoms with E-state index in [4.69, 9.17) is 18.7 Å². The molecule has 0 radical (unpaired) electrons. The maximum Gasteiger partial charge on any atom is 0.233 e. The van der Waals surface area contributed by atoms with Crippen LogP contribution in [-0.4, -0.2) is 88.5 Å². The zero-order valence-corrected chi connectivity index (χ0v) is 20.1. The van der Waals surface area contributed by atoms with Crippen LogP contribution < -0.4 is 0 Å². The molecule has 0 bridgehead atoms. The van der Waals surface area contributed by atoms with E-state index >= 15 is 0 Å². The van der Waals surface area contributed by atoms with E-state index in [1.54, 1.807) is 18.4 Å². The highest BCUT2D eigenvalue weighted by molar-refractivity contribution is 6.06. The molecule has 2 aliphatic carbocycles. The summed E-state index contributed by atoms with van der Waals surface area (Å²) in [5, 5.41) is 35.8. The number of carbonyl (C=O) groups is 2. The normalized spacial score (nSPS) is 36.2. The molecule has 4 aliphatic rings. The lowest BCUT2D eigenvalue weighted by Gasteiger charge is -2.45. The highest BCUT2D eigenvalue weighted by atomic mass is 16.6. The lowest BCUT2D eigenvalue weighted by atomic mass is 9.60. The third-order valence-corrected chi connectivity index (χ3v) is 7.86. The number of imide groups is 1. The van der Waals surface area contributed by atoms with Crippen LogP contribution in [0, 0.1) is 23.7 Å². The molecule has 2 saturated heterocycles. The molecule has 3 N–H and O–H groups in total. The molecule has 36 heavy (non-hydrogen) atoms. The first-order valence-corrected chi connectivity index (χ1v) is 12.7. The summed E-state index contributed by atoms with van der Waals surface area (Å²) in [5.74, 6) is -1.98. The summed E-state index contributed by atoms with van der Waals surface area (Å²) in [6, 6.07) is 3.52. The minimum Gasteiger partial charge on any atom is -0.467 e. The van der Waals surface area contributed by atoms with Crippen molar-refractivity contribution in [3.8, 4) is 0 Å². The largest absolute Gasteiger partial charge is 0.467 e. The zero-order chi connectivity index (χ0) is 25.2. The van der Waals surface area contributed by atoms with Crippen LogP contribution in [0.2, 0.25) is 0 Å². The van der Waals surface area contributed by atoms with E-state index in [0.29, 0.717) is 30.9 Å². The average molecular weight is 507 g/mol. The maximum atomic E-state index is 13.4. The molecule has 1 aromatic heterocycles. The van der Waals surface area contributed by atoms with E-state index < -0.39 is 36.1 Å². The fraction of sp³-hybridized carbons (Fsp3) is 0.720. The Hall–Kier alpha value is -2.31. The number of amides is 2. The number of oxime groups is 1. The van der Waals surface area contributed by atoms with Crippen molar-refractivity contribution < 1.29 is 43.6 Å². The van der Waals surface area contributed by atoms with Crippen LogP contribution >= 0.6 is 0 Å². The molecule has 2 aliphatic heterocycles. The second kappa shape index (κ2) is 11.0. The first kappa shape index (κ1) is 25.3. The van der Waals surface area contributed by atoms with Gasteiger partial charge in [0, 0.05) is 24.9 Å². The molecule has 198 valence electrons. The molecule has 0 unspecified atom stereocenters. The third-order valence-electron chi connectivity index (χ3n) is 7.86. The lowest BCUT2D eigenvalue weighted by Crippen LogP contribution is -2.54. The number of aliphatic hydroxyl groups is 3. The summed E-state index contributed by atoms with van der Waals surface area (Å²) in [6.07, 6.45) is 1.11. The van der Waals surface area contributed by atoms with Gasteiger partial charge < -0.3 is 34.0 Å². The molecule has 2 saturated carbocycles. The van der Waals surface area contributed by atoms with Gasteiger partial charge in [-0.2, -0.15) is 0 Å². The van der Waals surface area contributed by atoms with E-state index in [9.17, 15) is 24.9 Å². The quantitative estimate of drug-likeness (QED) is 0.320. The van der Waals surface area contributed by atoms with Gasteiger partial charge in [-0.25, -0.2) is 0 Å². The van der Waals surface area contributed by atoms with E-state index in [0.717, 1.165) is 12.8 Å². The number of carbonyl (C=O) groups excluding carboxylic acids is 2. The molecular formula is C25H34N2O9. The Morgan fingerprint density at radius 3 is 2.72 bits per heavy atom. The number of fused-ring (bicyclic) bond motifs is 3. The van der Waals surface area contributed by atoms with Gasteiger partial charge in [-0.05, 0) is 37.8 Å². The lowest BCUT2D eigenvalue weighted by molar-refractivity contribution is -0.143. The number of likely N-dealkylation sites (tertiary alicyclic amines) is 1. The average Bonchev–Trinajstić information content (AvgIpc) is 3.62. The van der Waals surface area contributed by atoms with Crippen molar-refractivity contribution in [2.75, 3.05) is 26.4 Å². The van der Waals surface area contributed by atoms with Crippen LogP contribution in [0.25, 0.3) is 0 Å². The van der Waals surface area contributed by atoms with Gasteiger partial charge in [-0.1, -0.05) is 5.16 Å². The molecule has 3 heterocycles. The number of rotatable bonds is 9. The van der Waals surface area contributed by atoms with Crippen LogP contribution in [0.15, 0.2) is 28.0 Å². The van der Waals surface area contributed by atoms with E-state index in [1.165, 1.54) is 4.90 Å². The zero-order valence-electron chi connectivity index (χ0n) is 20.1. The number of furan rings is 1. The number of hydrogen-bond donors (Lipinski definition) is 3. The van der Waals surface area contributed by atoms with Crippen LogP contribution in [0.4, 0.5) is 0 Å². The van der Waals surface area contributed by atoms with Crippen molar-refractivity contribution in [2.24, 2.45) is 28.8 Å². The maximum absolute atomic E-state index is 13.4. The van der Waals surface area contributed by atoms with Gasteiger partial charge in [0.15, 0.2) is 0 Å². The van der Waals surface area contributed by atoms with Crippen molar-refractivity contribution in [1.82, 2.24) is 4.90 Å². The van der Waals surface area contributed by atoms with Gasteiger partial charge in [0.1, 0.15) is 25.1 Å². The van der Waals surface area contributed by atoms with E-state index in [-0.39, 0.29) is 56.6 Å². The van der Waals surface area contributed by atoms with Gasteiger partial charge in [0.25, 0.3) is 0 Å². The van der Waals surface area contributed by atoms with Crippen LogP contribution in [-0.2, 0) is 30.5 Å². The fourth-order valence-corrected chi connectivity index (χ4v) is 6.16. The van der Waals surface area contributed by atoms with Crippen LogP contribution in [0.1, 0.15) is 37.9 Å². The molecule has 2 amide bonds. The summed E-state index contributed by atoms with van der Waals surface area (Å²) in [5.41, 5.74) is 0.540. The molecule has 11 nitrogen and oxygen atoms in total. The highest BCUT2D eigenvalue weighted by Crippen LogP contribution is 2.49. The Morgan fingerprint density at radius 2 is 1.97 bits per heavy atom. The molecule has 0 aromatic carbocycles. The SMILES string of the molecule is O=C1[C@@H]2[C@H]3[C@H](O)[C@H](O)CC(=NOC[C@@H](O)COCc4ccco4)[C@@H]3CC[C@H]2C(=O)N1C[C@@H]1CCCO1. The minimum atomic E-state index is -1.14. The monoisotopic (exact) mass is 506 g/mol. The summed E-state index contributed by atoms with van der Waals surface area (Å²) in [4.78, 5) is 33.2. The van der Waals surface area contributed by atoms with Crippen LogP contribution in [0.3, 0.4) is 0 Å². The van der Waals surface area contributed by atoms with Crippen LogP contribution in [0.5, 0.6) is 0 Å². The van der Waals surface area contributed by atoms with Gasteiger partial charge in [-0.3, -0.25) is 14.5 Å². The van der Waals surface area contributed by atoms with Gasteiger partial charge >= 0.3 is 0 Å². The molecule has 4 fully saturated rings. The van der Waals surface area contributed by atoms with Gasteiger partial charge in [0.2, 0.25) is 11.8 Å². The van der Waals surface area contributed by atoms with Gasteiger partial charge in [-0.15, -0.1) is 0 Å². The minimum absolute atomic E-state index is 0.0276. The second-order valence-corrected chi connectivity index (χ2v) is 10.2. The van der Waals surface area contributed by atoms with E-state index in [2.05, 4.69) is 5.16 Å². The van der Waals surface area contributed by atoms with Crippen molar-refractivity contribution in [1.29, 1.82) is 0 Å². The smallest absolute Gasteiger partial charge is 0.233 e. The topological polar surface area (TPSA) is 151 Å². The molecule has 0 spiro atoms. The highest BCUT2D eigenvalue weighted by Gasteiger charge is 2.59. The first-order chi connectivity index (χ1) is 17.4. The predicted octanol–water partition coefficient (Wildman–Crippen LogP) is 0.462. The second-order valence-electron chi connectivity index (χ2n) is 10.2. The first-order valence-electron chi connectivity index (χ1n) is 12.7. The Kier molecular flexibility index (Phi) is 7.73. The molecule has 8 atom stereocenters. The Morgan fingerprint density at radius 1 is 1.14 bits per heavy atom. The van der Waals surface area contributed by atoms with Crippen molar-refractivity contribution in [3.05, 3.63) is 24.2 Å². The predicted molar refractivity (Wildman–Crippen MR) is 123 cm³/mol. The summed E-state index contributed by atoms with van der Waals surface area (Å²) >= 11 is 0. The van der Waals surface area contributed by atoms with Crippen molar-refractivity contribution in [3.63, 3.8) is 0 Å². The van der Waals surface area contributed by atoms with Crippen molar-refractivity contribution >= 4 is 17.5 Å². The number of aliphatic hydroxyl groups excluding tert-OH is 3. The molecular weight excluding hydrogens is 472 g/mol. The summed E-state index contributed by atoms with van der Waals surface area (Å²) in [6.45, 7) is 1.01. The molecule has 5 rings (SSSR count). The number of ether oxygens (including phenoxy) is 2. The number of nitrogens with zero attached hydrogens (tertiary/aromatic N) is 2. The van der Waals surface area contributed by atoms with Crippen molar-refractivity contribution in [2.45, 2.75) is 63.1 Å². The Bertz CT molecular complexity index is 945. The summed E-state index contributed by atoms with van der Waals surface area (Å²) < 4.78 is 16.2. The van der Waals surface area contributed by atoms with E-state index in [1.807, 2.05) is 0 Å². The Balaban J connectivity index is 1.21. The molecule has 1 aromatic rings. The summed E-state index contributed by atoms with van der Waals surface area (Å²) in [7, 11) is 0. The number of hydrogen-bond acceptors (Lipinski definition) is 10. The fourth-order valence-electron chi connectivity index (χ4n) is 6.16. The molecule has 11 heteroatoms. The Labute approximate surface area is 209 Å². The van der Waals surface area contributed by atoms with Gasteiger partial charge in [0.05, 0.1) is 55.3 Å². The standard InChI is InChI=1S/C25H34N2O9/c28-14(11-33-13-16-4-2-8-35-16)12-36-26-19-9-20(29)23(30)21-17(19)5-6-18-22(21)25(32)27(24(18)31)10-15-3-1-7-34-15/h2,4,8,14-15,17-18,20-23,28-30H,1,3,5-7,9-13H2/t14-,15-,17-,18+,20+,21-,22-,23+/m0/s1.